The second-order valence-corrected chi connectivity index (χ2v) is 8.37. The highest BCUT2D eigenvalue weighted by atomic mass is 16.7. The van der Waals surface area contributed by atoms with E-state index >= 15 is 0 Å². The van der Waals surface area contributed by atoms with Crippen molar-refractivity contribution in [3.63, 3.8) is 0 Å². The fraction of sp³-hybridized carbons (Fsp3) is 0.375. The van der Waals surface area contributed by atoms with Crippen molar-refractivity contribution in [3.8, 4) is 17.2 Å². The maximum absolute atomic E-state index is 13.1. The van der Waals surface area contributed by atoms with Crippen LogP contribution in [-0.2, 0) is 22.6 Å². The molecule has 2 aromatic carbocycles. The molecular formula is C24H27N3O6. The van der Waals surface area contributed by atoms with E-state index in [-0.39, 0.29) is 13.3 Å². The van der Waals surface area contributed by atoms with Crippen molar-refractivity contribution < 1.29 is 28.6 Å². The first kappa shape index (κ1) is 22.4. The fourth-order valence-electron chi connectivity index (χ4n) is 3.92. The minimum atomic E-state index is -1.08. The molecule has 2 aliphatic heterocycles. The Hall–Kier alpha value is -3.75. The molecule has 0 spiro atoms. The van der Waals surface area contributed by atoms with Gasteiger partial charge in [-0.25, -0.2) is 9.69 Å². The van der Waals surface area contributed by atoms with Crippen molar-refractivity contribution in [2.24, 2.45) is 0 Å². The smallest absolute Gasteiger partial charge is 0.325 e. The van der Waals surface area contributed by atoms with E-state index < -0.39 is 29.4 Å². The van der Waals surface area contributed by atoms with Crippen LogP contribution in [0.3, 0.4) is 0 Å². The van der Waals surface area contributed by atoms with Gasteiger partial charge in [-0.1, -0.05) is 18.2 Å². The van der Waals surface area contributed by atoms with E-state index in [2.05, 4.69) is 10.6 Å². The van der Waals surface area contributed by atoms with Gasteiger partial charge in [0.15, 0.2) is 11.5 Å². The molecule has 0 saturated carbocycles. The summed E-state index contributed by atoms with van der Waals surface area (Å²) < 4.78 is 15.8. The number of urea groups is 1. The van der Waals surface area contributed by atoms with Gasteiger partial charge in [-0.15, -0.1) is 0 Å². The maximum Gasteiger partial charge on any atom is 0.325 e. The van der Waals surface area contributed by atoms with Crippen LogP contribution < -0.4 is 24.8 Å². The lowest BCUT2D eigenvalue weighted by molar-refractivity contribution is -0.137. The minimum Gasteiger partial charge on any atom is -0.497 e. The van der Waals surface area contributed by atoms with Crippen molar-refractivity contribution >= 4 is 17.8 Å². The summed E-state index contributed by atoms with van der Waals surface area (Å²) in [4.78, 5) is 39.5. The molecule has 9 nitrogen and oxygen atoms in total. The molecule has 1 fully saturated rings. The minimum absolute atomic E-state index is 0.172. The summed E-state index contributed by atoms with van der Waals surface area (Å²) in [5.41, 5.74) is 0.761. The lowest BCUT2D eigenvalue weighted by Crippen LogP contribution is -2.49. The maximum atomic E-state index is 13.1. The van der Waals surface area contributed by atoms with Crippen molar-refractivity contribution in [2.45, 2.75) is 44.8 Å². The number of nitrogens with zero attached hydrogens (tertiary/aromatic N) is 1. The third-order valence-corrected chi connectivity index (χ3v) is 6.04. The summed E-state index contributed by atoms with van der Waals surface area (Å²) in [6, 6.07) is 11.4. The Balaban J connectivity index is 1.35. The Morgan fingerprint density at radius 1 is 1.15 bits per heavy atom. The van der Waals surface area contributed by atoms with Crippen molar-refractivity contribution in [1.29, 1.82) is 0 Å². The van der Waals surface area contributed by atoms with Crippen molar-refractivity contribution in [2.75, 3.05) is 13.9 Å². The van der Waals surface area contributed by atoms with E-state index in [0.29, 0.717) is 24.3 Å². The highest BCUT2D eigenvalue weighted by molar-refractivity contribution is 6.09. The first-order valence-electron chi connectivity index (χ1n) is 10.8. The molecule has 4 amide bonds. The Morgan fingerprint density at radius 2 is 1.85 bits per heavy atom. The third-order valence-electron chi connectivity index (χ3n) is 6.04. The number of methoxy groups -OCH3 is 1. The lowest BCUT2D eigenvalue weighted by Gasteiger charge is -2.24. The van der Waals surface area contributed by atoms with Gasteiger partial charge in [-0.05, 0) is 62.1 Å². The van der Waals surface area contributed by atoms with Crippen LogP contribution in [0.15, 0.2) is 42.5 Å². The van der Waals surface area contributed by atoms with Crippen molar-refractivity contribution in [3.05, 3.63) is 53.6 Å². The monoisotopic (exact) mass is 453 g/mol. The van der Waals surface area contributed by atoms with Crippen LogP contribution in [0.25, 0.3) is 0 Å². The summed E-state index contributed by atoms with van der Waals surface area (Å²) >= 11 is 0. The van der Waals surface area contributed by atoms with Crippen LogP contribution in [0, 0.1) is 0 Å². The third kappa shape index (κ3) is 4.57. The van der Waals surface area contributed by atoms with E-state index in [4.69, 9.17) is 14.2 Å². The van der Waals surface area contributed by atoms with E-state index in [1.54, 1.807) is 33.1 Å². The van der Waals surface area contributed by atoms with Crippen LogP contribution in [0.4, 0.5) is 4.79 Å². The summed E-state index contributed by atoms with van der Waals surface area (Å²) in [5, 5.41) is 5.55. The molecule has 1 saturated heterocycles. The van der Waals surface area contributed by atoms with E-state index in [1.807, 2.05) is 30.3 Å². The van der Waals surface area contributed by atoms with E-state index in [1.165, 1.54) is 0 Å². The molecule has 2 atom stereocenters. The predicted octanol–water partition coefficient (Wildman–Crippen LogP) is 2.37. The van der Waals surface area contributed by atoms with Gasteiger partial charge in [0.05, 0.1) is 7.11 Å². The molecule has 0 bridgehead atoms. The number of benzene rings is 2. The summed E-state index contributed by atoms with van der Waals surface area (Å²) in [7, 11) is 1.60. The number of carbonyl (C=O) groups excluding carboxylic acids is 3. The number of ether oxygens (including phenoxy) is 3. The van der Waals surface area contributed by atoms with Gasteiger partial charge in [0.25, 0.3) is 5.91 Å². The van der Waals surface area contributed by atoms with Gasteiger partial charge < -0.3 is 24.8 Å². The number of amides is 4. The number of nitrogens with one attached hydrogen (secondary N) is 2. The average Bonchev–Trinajstić information content (AvgIpc) is 3.37. The quantitative estimate of drug-likeness (QED) is 0.595. The van der Waals surface area contributed by atoms with Gasteiger partial charge in [0.1, 0.15) is 17.3 Å². The normalized spacial score (nSPS) is 19.9. The van der Waals surface area contributed by atoms with E-state index in [0.717, 1.165) is 21.8 Å². The number of fused-ring (bicyclic) bond motifs is 1. The van der Waals surface area contributed by atoms with Crippen LogP contribution >= 0.6 is 0 Å². The van der Waals surface area contributed by atoms with Gasteiger partial charge >= 0.3 is 6.03 Å². The zero-order chi connectivity index (χ0) is 23.6. The molecule has 0 aliphatic carbocycles. The molecule has 4 rings (SSSR count). The molecule has 0 aromatic heterocycles. The Kier molecular flexibility index (Phi) is 6.13. The SMILES string of the molecule is COc1ccc(CC[C@]2(C)NC(=O)N([C@H](C)C(=O)NCc3ccc4c(c3)OCO4)C2=O)cc1. The fourth-order valence-corrected chi connectivity index (χ4v) is 3.92. The van der Waals surface area contributed by atoms with Gasteiger partial charge in [0.2, 0.25) is 12.7 Å². The molecule has 2 N–H and O–H groups in total. The molecule has 2 aromatic rings. The lowest BCUT2D eigenvalue weighted by atomic mass is 9.93. The highest BCUT2D eigenvalue weighted by Gasteiger charge is 2.50. The Bertz CT molecular complexity index is 1070. The zero-order valence-corrected chi connectivity index (χ0v) is 18.8. The molecular weight excluding hydrogens is 426 g/mol. The van der Waals surface area contributed by atoms with Gasteiger partial charge in [0, 0.05) is 6.54 Å². The van der Waals surface area contributed by atoms with Crippen LogP contribution in [0.5, 0.6) is 17.2 Å². The molecule has 33 heavy (non-hydrogen) atoms. The number of rotatable bonds is 8. The van der Waals surface area contributed by atoms with E-state index in [9.17, 15) is 14.4 Å². The second kappa shape index (κ2) is 9.01. The zero-order valence-electron chi connectivity index (χ0n) is 18.8. The first-order valence-corrected chi connectivity index (χ1v) is 10.8. The molecule has 2 heterocycles. The predicted molar refractivity (Wildman–Crippen MR) is 119 cm³/mol. The molecule has 9 heteroatoms. The molecule has 0 unspecified atom stereocenters. The first-order chi connectivity index (χ1) is 15.8. The Labute approximate surface area is 192 Å². The highest BCUT2D eigenvalue weighted by Crippen LogP contribution is 2.32. The molecule has 0 radical (unpaired) electrons. The second-order valence-electron chi connectivity index (χ2n) is 8.37. The van der Waals surface area contributed by atoms with Crippen LogP contribution in [0.1, 0.15) is 31.4 Å². The van der Waals surface area contributed by atoms with Crippen molar-refractivity contribution in [1.82, 2.24) is 15.5 Å². The summed E-state index contributed by atoms with van der Waals surface area (Å²) in [6.45, 7) is 3.64. The number of hydrogen-bond acceptors (Lipinski definition) is 6. The van der Waals surface area contributed by atoms with Gasteiger partial charge in [-0.2, -0.15) is 0 Å². The Morgan fingerprint density at radius 3 is 2.58 bits per heavy atom. The molecule has 2 aliphatic rings. The van der Waals surface area contributed by atoms with Crippen LogP contribution in [0.2, 0.25) is 0 Å². The van der Waals surface area contributed by atoms with Crippen LogP contribution in [-0.4, -0.2) is 48.2 Å². The number of imide groups is 1. The number of carbonyl (C=O) groups is 3. The standard InChI is InChI=1S/C24H27N3O6/c1-15(21(28)25-13-17-6-9-19-20(12-17)33-14-32-19)27-22(29)24(2,26-23(27)30)11-10-16-4-7-18(31-3)8-5-16/h4-9,12,15H,10-11,13-14H2,1-3H3,(H,25,28)(H,26,30)/t15-,24+/m1/s1. The number of hydrogen-bond donors (Lipinski definition) is 2. The summed E-state index contributed by atoms with van der Waals surface area (Å²) in [5.74, 6) is 1.20. The number of aryl methyl sites for hydroxylation is 1. The topological polar surface area (TPSA) is 106 Å². The molecule has 174 valence electrons. The van der Waals surface area contributed by atoms with Gasteiger partial charge in [-0.3, -0.25) is 9.59 Å². The summed E-state index contributed by atoms with van der Waals surface area (Å²) in [6.07, 6.45) is 0.997. The average molecular weight is 453 g/mol. The largest absolute Gasteiger partial charge is 0.497 e.